The maximum Gasteiger partial charge on any atom is 0.224 e. The molecule has 3 aromatic rings. The minimum atomic E-state index is 0.485. The van der Waals surface area contributed by atoms with Gasteiger partial charge in [0.15, 0.2) is 0 Å². The number of ether oxygens (including phenoxy) is 1. The summed E-state index contributed by atoms with van der Waals surface area (Å²) in [6.07, 6.45) is 1.66. The number of hydrogen-bond acceptors (Lipinski definition) is 5. The number of hydrogen-bond donors (Lipinski definition) is 2. The molecule has 1 aromatic heterocycles. The second-order valence-corrected chi connectivity index (χ2v) is 5.97. The summed E-state index contributed by atoms with van der Waals surface area (Å²) in [6.45, 7) is 0.542. The van der Waals surface area contributed by atoms with E-state index < -0.39 is 0 Å². The van der Waals surface area contributed by atoms with Gasteiger partial charge in [-0.1, -0.05) is 47.5 Å². The van der Waals surface area contributed by atoms with Crippen LogP contribution in [0.15, 0.2) is 54.7 Å². The zero-order valence-corrected chi connectivity index (χ0v) is 15.0. The average Bonchev–Trinajstić information content (AvgIpc) is 2.64. The molecule has 0 atom stereocenters. The van der Waals surface area contributed by atoms with Gasteiger partial charge in [-0.25, -0.2) is 4.98 Å². The molecule has 0 unspecified atom stereocenters. The Balaban J connectivity index is 1.73. The van der Waals surface area contributed by atoms with Crippen LogP contribution in [0.1, 0.15) is 5.56 Å². The highest BCUT2D eigenvalue weighted by molar-refractivity contribution is 6.39. The number of rotatable bonds is 6. The van der Waals surface area contributed by atoms with Gasteiger partial charge >= 0.3 is 0 Å². The number of nitrogens with one attached hydrogen (secondary N) is 2. The molecule has 0 bridgehead atoms. The topological polar surface area (TPSA) is 59.1 Å². The van der Waals surface area contributed by atoms with E-state index in [9.17, 15) is 0 Å². The van der Waals surface area contributed by atoms with Crippen LogP contribution in [0.4, 0.5) is 17.5 Å². The Morgan fingerprint density at radius 3 is 2.52 bits per heavy atom. The first kappa shape index (κ1) is 17.3. The normalized spacial score (nSPS) is 10.4. The third-order valence-electron chi connectivity index (χ3n) is 3.50. The highest BCUT2D eigenvalue weighted by Gasteiger charge is 2.08. The van der Waals surface area contributed by atoms with E-state index in [4.69, 9.17) is 27.9 Å². The van der Waals surface area contributed by atoms with Crippen LogP contribution in [0.3, 0.4) is 0 Å². The summed E-state index contributed by atoms with van der Waals surface area (Å²) >= 11 is 12.3. The second kappa shape index (κ2) is 8.05. The van der Waals surface area contributed by atoms with Crippen LogP contribution in [0.25, 0.3) is 0 Å². The maximum atomic E-state index is 6.17. The third-order valence-corrected chi connectivity index (χ3v) is 4.13. The molecule has 0 aliphatic rings. The lowest BCUT2D eigenvalue weighted by Gasteiger charge is -2.12. The Bertz CT molecular complexity index is 853. The van der Waals surface area contributed by atoms with Gasteiger partial charge in [0.1, 0.15) is 11.6 Å². The van der Waals surface area contributed by atoms with Gasteiger partial charge < -0.3 is 15.4 Å². The quantitative estimate of drug-likeness (QED) is 0.624. The number of nitrogens with zero attached hydrogens (tertiary/aromatic N) is 2. The number of methoxy groups -OCH3 is 1. The number of para-hydroxylation sites is 2. The first-order valence-corrected chi connectivity index (χ1v) is 8.33. The van der Waals surface area contributed by atoms with Crippen molar-refractivity contribution in [2.24, 2.45) is 0 Å². The van der Waals surface area contributed by atoms with Crippen molar-refractivity contribution in [2.45, 2.75) is 6.54 Å². The van der Waals surface area contributed by atoms with Gasteiger partial charge in [-0.05, 0) is 24.3 Å². The van der Waals surface area contributed by atoms with Crippen LogP contribution in [-0.2, 0) is 6.54 Å². The molecule has 0 amide bonds. The van der Waals surface area contributed by atoms with Crippen molar-refractivity contribution in [3.8, 4) is 5.75 Å². The molecule has 5 nitrogen and oxygen atoms in total. The molecule has 0 spiro atoms. The van der Waals surface area contributed by atoms with Crippen molar-refractivity contribution in [1.82, 2.24) is 9.97 Å². The SMILES string of the molecule is COc1ccccc1CNc1nccc(Nc2c(Cl)cccc2Cl)n1. The van der Waals surface area contributed by atoms with E-state index in [0.29, 0.717) is 34.0 Å². The molecule has 0 fully saturated rings. The van der Waals surface area contributed by atoms with Crippen LogP contribution in [0.5, 0.6) is 5.75 Å². The Morgan fingerprint density at radius 2 is 1.76 bits per heavy atom. The largest absolute Gasteiger partial charge is 0.496 e. The lowest BCUT2D eigenvalue weighted by Crippen LogP contribution is -2.06. The van der Waals surface area contributed by atoms with Crippen molar-refractivity contribution in [3.05, 3.63) is 70.3 Å². The fraction of sp³-hybridized carbons (Fsp3) is 0.111. The van der Waals surface area contributed by atoms with Crippen molar-refractivity contribution in [1.29, 1.82) is 0 Å². The van der Waals surface area contributed by atoms with Gasteiger partial charge in [0.25, 0.3) is 0 Å². The molecule has 0 aliphatic heterocycles. The van der Waals surface area contributed by atoms with E-state index in [1.54, 1.807) is 37.6 Å². The summed E-state index contributed by atoms with van der Waals surface area (Å²) in [5, 5.41) is 7.35. The Hall–Kier alpha value is -2.50. The number of aromatic nitrogens is 2. The molecule has 2 aromatic carbocycles. The lowest BCUT2D eigenvalue weighted by molar-refractivity contribution is 0.410. The molecule has 2 N–H and O–H groups in total. The average molecular weight is 375 g/mol. The van der Waals surface area contributed by atoms with E-state index in [2.05, 4.69) is 20.6 Å². The zero-order chi connectivity index (χ0) is 17.6. The molecule has 0 radical (unpaired) electrons. The highest BCUT2D eigenvalue weighted by Crippen LogP contribution is 2.32. The fourth-order valence-corrected chi connectivity index (χ4v) is 2.77. The minimum Gasteiger partial charge on any atom is -0.496 e. The molecule has 25 heavy (non-hydrogen) atoms. The predicted octanol–water partition coefficient (Wildman–Crippen LogP) is 5.15. The molecule has 0 saturated heterocycles. The molecule has 7 heteroatoms. The van der Waals surface area contributed by atoms with Gasteiger partial charge in [-0.15, -0.1) is 0 Å². The molecule has 1 heterocycles. The number of benzene rings is 2. The van der Waals surface area contributed by atoms with Crippen LogP contribution in [-0.4, -0.2) is 17.1 Å². The fourth-order valence-electron chi connectivity index (χ4n) is 2.28. The number of halogens is 2. The maximum absolute atomic E-state index is 6.17. The van der Waals surface area contributed by atoms with Crippen molar-refractivity contribution in [2.75, 3.05) is 17.7 Å². The summed E-state index contributed by atoms with van der Waals surface area (Å²) in [5.74, 6) is 1.89. The van der Waals surface area contributed by atoms with Gasteiger partial charge in [-0.3, -0.25) is 0 Å². The first-order chi connectivity index (χ1) is 12.2. The predicted molar refractivity (Wildman–Crippen MR) is 102 cm³/mol. The van der Waals surface area contributed by atoms with E-state index in [0.717, 1.165) is 11.3 Å². The minimum absolute atomic E-state index is 0.485. The van der Waals surface area contributed by atoms with E-state index in [1.807, 2.05) is 24.3 Å². The summed E-state index contributed by atoms with van der Waals surface area (Å²) in [4.78, 5) is 8.66. The van der Waals surface area contributed by atoms with E-state index in [1.165, 1.54) is 0 Å². The second-order valence-electron chi connectivity index (χ2n) is 5.15. The smallest absolute Gasteiger partial charge is 0.224 e. The number of anilines is 3. The van der Waals surface area contributed by atoms with Gasteiger partial charge in [0, 0.05) is 18.3 Å². The molecule has 128 valence electrons. The molecule has 0 aliphatic carbocycles. The summed E-state index contributed by atoms with van der Waals surface area (Å²) in [5.41, 5.74) is 1.63. The van der Waals surface area contributed by atoms with Gasteiger partial charge in [0.2, 0.25) is 5.95 Å². The molecule has 0 saturated carbocycles. The van der Waals surface area contributed by atoms with Crippen molar-refractivity contribution in [3.63, 3.8) is 0 Å². The molecule has 3 rings (SSSR count). The van der Waals surface area contributed by atoms with Crippen LogP contribution in [0.2, 0.25) is 10.0 Å². The zero-order valence-electron chi connectivity index (χ0n) is 13.5. The highest BCUT2D eigenvalue weighted by atomic mass is 35.5. The summed E-state index contributed by atoms with van der Waals surface area (Å²) < 4.78 is 5.34. The standard InChI is InChI=1S/C18H16Cl2N4O/c1-25-15-8-3-2-5-12(15)11-22-18-21-10-9-16(24-18)23-17-13(19)6-4-7-14(17)20/h2-10H,11H2,1H3,(H2,21,22,23,24). The Kier molecular flexibility index (Phi) is 5.58. The third kappa shape index (κ3) is 4.32. The summed E-state index contributed by atoms with van der Waals surface area (Å²) in [7, 11) is 1.65. The van der Waals surface area contributed by atoms with Gasteiger partial charge in [-0.2, -0.15) is 4.98 Å². The van der Waals surface area contributed by atoms with E-state index >= 15 is 0 Å². The monoisotopic (exact) mass is 374 g/mol. The Morgan fingerprint density at radius 1 is 1.00 bits per heavy atom. The Labute approximate surface area is 156 Å². The van der Waals surface area contributed by atoms with Gasteiger partial charge in [0.05, 0.1) is 22.8 Å². The molecular formula is C18H16Cl2N4O. The lowest BCUT2D eigenvalue weighted by atomic mass is 10.2. The van der Waals surface area contributed by atoms with E-state index in [-0.39, 0.29) is 0 Å². The molecular weight excluding hydrogens is 359 g/mol. The van der Waals surface area contributed by atoms with Crippen LogP contribution in [0, 0.1) is 0 Å². The van der Waals surface area contributed by atoms with Crippen molar-refractivity contribution < 1.29 is 4.74 Å². The van der Waals surface area contributed by atoms with Crippen LogP contribution >= 0.6 is 23.2 Å². The first-order valence-electron chi connectivity index (χ1n) is 7.57. The summed E-state index contributed by atoms with van der Waals surface area (Å²) in [6, 6.07) is 14.8. The van der Waals surface area contributed by atoms with Crippen molar-refractivity contribution >= 4 is 40.7 Å². The van der Waals surface area contributed by atoms with Crippen LogP contribution < -0.4 is 15.4 Å².